The van der Waals surface area contributed by atoms with Gasteiger partial charge in [-0.2, -0.15) is 27.9 Å². The van der Waals surface area contributed by atoms with E-state index >= 15 is 0 Å². The molecule has 0 radical (unpaired) electrons. The summed E-state index contributed by atoms with van der Waals surface area (Å²) in [7, 11) is 3.68. The van der Waals surface area contributed by atoms with Gasteiger partial charge in [0, 0.05) is 56.1 Å². The molecule has 0 saturated carbocycles. The number of hydrogen-bond donors (Lipinski definition) is 3. The van der Waals surface area contributed by atoms with Crippen LogP contribution in [0.15, 0.2) is 49.1 Å². The topological polar surface area (TPSA) is 130 Å². The van der Waals surface area contributed by atoms with Gasteiger partial charge in [0.05, 0.1) is 11.3 Å². The number of alkyl halides is 3. The number of primary amides is 1. The number of amides is 1. The Labute approximate surface area is 234 Å². The summed E-state index contributed by atoms with van der Waals surface area (Å²) in [6.07, 6.45) is -1.94. The molecule has 1 aliphatic heterocycles. The normalized spacial score (nSPS) is 14.2. The molecular weight excluding hydrogens is 537 g/mol. The van der Waals surface area contributed by atoms with E-state index in [2.05, 4.69) is 35.6 Å². The van der Waals surface area contributed by atoms with E-state index in [4.69, 9.17) is 5.73 Å². The SMILES string of the molecule is CNc1cc(-n2ncnc2Nc2c(C)ccc(C(N)=O)c2-c2cc(N3CCN(C)CC3)cc(C(F)(F)F)c2)ncn1. The van der Waals surface area contributed by atoms with Gasteiger partial charge in [0.1, 0.15) is 18.5 Å². The smallest absolute Gasteiger partial charge is 0.373 e. The maximum atomic E-state index is 14.2. The lowest BCUT2D eigenvalue weighted by Crippen LogP contribution is -2.44. The summed E-state index contributed by atoms with van der Waals surface area (Å²) >= 11 is 0. The molecule has 214 valence electrons. The zero-order valence-corrected chi connectivity index (χ0v) is 22.7. The van der Waals surface area contributed by atoms with Crippen molar-refractivity contribution in [3.63, 3.8) is 0 Å². The zero-order valence-electron chi connectivity index (χ0n) is 22.7. The molecule has 0 atom stereocenters. The Kier molecular flexibility index (Phi) is 7.49. The molecule has 4 N–H and O–H groups in total. The molecule has 3 heterocycles. The number of aryl methyl sites for hydroxylation is 1. The Morgan fingerprint density at radius 3 is 2.44 bits per heavy atom. The Bertz CT molecular complexity index is 1580. The average molecular weight is 567 g/mol. The van der Waals surface area contributed by atoms with Gasteiger partial charge in [-0.15, -0.1) is 0 Å². The third kappa shape index (κ3) is 5.77. The number of hydrogen-bond acceptors (Lipinski definition) is 9. The van der Waals surface area contributed by atoms with Crippen molar-refractivity contribution in [2.45, 2.75) is 13.1 Å². The second-order valence-electron chi connectivity index (χ2n) is 9.73. The molecule has 2 aromatic heterocycles. The molecule has 1 fully saturated rings. The number of nitrogens with zero attached hydrogens (tertiary/aromatic N) is 7. The van der Waals surface area contributed by atoms with Crippen LogP contribution in [0.3, 0.4) is 0 Å². The molecule has 41 heavy (non-hydrogen) atoms. The van der Waals surface area contributed by atoms with E-state index in [1.165, 1.54) is 23.4 Å². The third-order valence-electron chi connectivity index (χ3n) is 6.99. The molecule has 2 aromatic carbocycles. The average Bonchev–Trinajstić information content (AvgIpc) is 3.42. The minimum absolute atomic E-state index is 0.0623. The number of likely N-dealkylation sites (N-methyl/N-ethyl adjacent to an activating group) is 1. The van der Waals surface area contributed by atoms with Crippen LogP contribution in [-0.2, 0) is 6.18 Å². The van der Waals surface area contributed by atoms with Crippen LogP contribution in [0.2, 0.25) is 0 Å². The van der Waals surface area contributed by atoms with Gasteiger partial charge in [0.15, 0.2) is 5.82 Å². The highest BCUT2D eigenvalue weighted by atomic mass is 19.4. The predicted octanol–water partition coefficient (Wildman–Crippen LogP) is 3.69. The Balaban J connectivity index is 1.67. The molecule has 1 amide bonds. The van der Waals surface area contributed by atoms with Crippen molar-refractivity contribution in [2.75, 3.05) is 55.8 Å². The maximum Gasteiger partial charge on any atom is 0.416 e. The Morgan fingerprint density at radius 2 is 1.76 bits per heavy atom. The van der Waals surface area contributed by atoms with E-state index in [0.29, 0.717) is 54.8 Å². The van der Waals surface area contributed by atoms with Gasteiger partial charge in [-0.1, -0.05) is 6.07 Å². The number of nitrogens with two attached hydrogens (primary N) is 1. The summed E-state index contributed by atoms with van der Waals surface area (Å²) in [4.78, 5) is 29.3. The van der Waals surface area contributed by atoms with Gasteiger partial charge in [-0.05, 0) is 49.4 Å². The lowest BCUT2D eigenvalue weighted by atomic mass is 9.92. The monoisotopic (exact) mass is 566 g/mol. The molecule has 0 unspecified atom stereocenters. The summed E-state index contributed by atoms with van der Waals surface area (Å²) in [6.45, 7) is 4.33. The van der Waals surface area contributed by atoms with E-state index in [-0.39, 0.29) is 22.6 Å². The van der Waals surface area contributed by atoms with Crippen LogP contribution < -0.4 is 21.3 Å². The van der Waals surface area contributed by atoms with Crippen LogP contribution in [0.25, 0.3) is 16.9 Å². The van der Waals surface area contributed by atoms with Crippen molar-refractivity contribution in [3.05, 3.63) is 65.7 Å². The maximum absolute atomic E-state index is 14.2. The molecule has 1 aliphatic rings. The summed E-state index contributed by atoms with van der Waals surface area (Å²) in [6, 6.07) is 8.70. The molecule has 0 bridgehead atoms. The lowest BCUT2D eigenvalue weighted by Gasteiger charge is -2.34. The molecule has 4 aromatic rings. The molecule has 0 aliphatic carbocycles. The molecular formula is C27H29F3N10O. The molecule has 11 nitrogen and oxygen atoms in total. The highest BCUT2D eigenvalue weighted by molar-refractivity contribution is 6.04. The first-order valence-corrected chi connectivity index (χ1v) is 12.8. The van der Waals surface area contributed by atoms with E-state index in [1.54, 1.807) is 32.2 Å². The van der Waals surface area contributed by atoms with Crippen molar-refractivity contribution in [1.82, 2.24) is 29.6 Å². The van der Waals surface area contributed by atoms with Crippen LogP contribution in [0.5, 0.6) is 0 Å². The number of carbonyl (C=O) groups excluding carboxylic acids is 1. The van der Waals surface area contributed by atoms with Crippen molar-refractivity contribution in [3.8, 4) is 16.9 Å². The number of piperazine rings is 1. The number of halogens is 3. The van der Waals surface area contributed by atoms with Crippen LogP contribution in [0.1, 0.15) is 21.5 Å². The second-order valence-corrected chi connectivity index (χ2v) is 9.73. The number of nitrogens with one attached hydrogen (secondary N) is 2. The molecule has 14 heteroatoms. The number of rotatable bonds is 7. The first-order chi connectivity index (χ1) is 19.5. The molecule has 0 spiro atoms. The standard InChI is InChI=1S/C27H29F3N10O/c1-16-4-5-20(25(31)41)23(24(16)37-26-35-15-36-40(26)22-13-21(32-2)33-14-34-22)17-10-18(27(28,29)30)12-19(11-17)39-8-6-38(3)7-9-39/h4-5,10-15H,6-9H2,1-3H3,(H2,31,41)(H,32,33,34)(H,35,36,37). The summed E-state index contributed by atoms with van der Waals surface area (Å²) in [5, 5.41) is 10.4. The summed E-state index contributed by atoms with van der Waals surface area (Å²) in [5.41, 5.74) is 6.84. The van der Waals surface area contributed by atoms with E-state index in [0.717, 1.165) is 12.1 Å². The summed E-state index contributed by atoms with van der Waals surface area (Å²) in [5.74, 6) is 0.385. The fraction of sp³-hybridized carbons (Fsp3) is 0.296. The quantitative estimate of drug-likeness (QED) is 0.307. The first kappa shape index (κ1) is 27.8. The van der Waals surface area contributed by atoms with Gasteiger partial charge in [0.2, 0.25) is 11.9 Å². The van der Waals surface area contributed by atoms with Crippen molar-refractivity contribution < 1.29 is 18.0 Å². The van der Waals surface area contributed by atoms with Gasteiger partial charge in [-0.3, -0.25) is 4.79 Å². The van der Waals surface area contributed by atoms with E-state index in [1.807, 2.05) is 11.9 Å². The third-order valence-corrected chi connectivity index (χ3v) is 6.99. The van der Waals surface area contributed by atoms with Crippen molar-refractivity contribution in [1.29, 1.82) is 0 Å². The number of anilines is 4. The fourth-order valence-electron chi connectivity index (χ4n) is 4.75. The Morgan fingerprint density at radius 1 is 1.00 bits per heavy atom. The van der Waals surface area contributed by atoms with Gasteiger partial charge >= 0.3 is 6.18 Å². The van der Waals surface area contributed by atoms with Crippen LogP contribution in [0, 0.1) is 6.92 Å². The second kappa shape index (κ2) is 11.0. The van der Waals surface area contributed by atoms with Gasteiger partial charge < -0.3 is 26.2 Å². The van der Waals surface area contributed by atoms with E-state index in [9.17, 15) is 18.0 Å². The first-order valence-electron chi connectivity index (χ1n) is 12.8. The van der Waals surface area contributed by atoms with Crippen LogP contribution >= 0.6 is 0 Å². The van der Waals surface area contributed by atoms with E-state index < -0.39 is 17.6 Å². The number of aromatic nitrogens is 5. The Hall–Kier alpha value is -4.72. The highest BCUT2D eigenvalue weighted by Crippen LogP contribution is 2.41. The van der Waals surface area contributed by atoms with Crippen LogP contribution in [-0.4, -0.2) is 75.8 Å². The highest BCUT2D eigenvalue weighted by Gasteiger charge is 2.33. The van der Waals surface area contributed by atoms with Crippen LogP contribution in [0.4, 0.5) is 36.3 Å². The number of benzene rings is 2. The minimum Gasteiger partial charge on any atom is -0.373 e. The zero-order chi connectivity index (χ0) is 29.3. The molecule has 1 saturated heterocycles. The number of carbonyl (C=O) groups is 1. The predicted molar refractivity (Wildman–Crippen MR) is 150 cm³/mol. The van der Waals surface area contributed by atoms with Gasteiger partial charge in [-0.25, -0.2) is 9.97 Å². The largest absolute Gasteiger partial charge is 0.416 e. The minimum atomic E-state index is -4.61. The lowest BCUT2D eigenvalue weighted by molar-refractivity contribution is -0.137. The molecule has 5 rings (SSSR count). The van der Waals surface area contributed by atoms with Crippen molar-refractivity contribution >= 4 is 29.0 Å². The fourth-order valence-corrected chi connectivity index (χ4v) is 4.75. The van der Waals surface area contributed by atoms with Crippen molar-refractivity contribution in [2.24, 2.45) is 5.73 Å². The van der Waals surface area contributed by atoms with Gasteiger partial charge in [0.25, 0.3) is 0 Å². The summed E-state index contributed by atoms with van der Waals surface area (Å²) < 4.78 is 43.9.